The molecule has 2 aliphatic rings. The van der Waals surface area contributed by atoms with Crippen molar-refractivity contribution in [1.82, 2.24) is 10.6 Å². The van der Waals surface area contributed by atoms with Crippen LogP contribution in [-0.4, -0.2) is 15.4 Å². The zero-order valence-corrected chi connectivity index (χ0v) is 16.9. The summed E-state index contributed by atoms with van der Waals surface area (Å²) in [6.45, 7) is 0. The van der Waals surface area contributed by atoms with Crippen molar-refractivity contribution in [3.05, 3.63) is 98.6 Å². The van der Waals surface area contributed by atoms with E-state index in [0.29, 0.717) is 5.56 Å². The van der Waals surface area contributed by atoms with Gasteiger partial charge in [0.05, 0.1) is 3.63 Å². The van der Waals surface area contributed by atoms with Gasteiger partial charge in [0.15, 0.2) is 0 Å². The number of fused-ring (bicyclic) bond motifs is 2. The molecular weight excluding hydrogens is 465 g/mol. The predicted octanol–water partition coefficient (Wildman–Crippen LogP) is 3.60. The van der Waals surface area contributed by atoms with Gasteiger partial charge in [-0.05, 0) is 24.3 Å². The minimum Gasteiger partial charge on any atom is -0.361 e. The quantitative estimate of drug-likeness (QED) is 0.501. The van der Waals surface area contributed by atoms with Gasteiger partial charge in [-0.15, -0.1) is 0 Å². The van der Waals surface area contributed by atoms with Crippen molar-refractivity contribution in [3.63, 3.8) is 0 Å². The Bertz CT molecular complexity index is 1160. The summed E-state index contributed by atoms with van der Waals surface area (Å²) < 4.78 is 2.16. The SMILES string of the molecule is O=C1NC(=Ic2ccccc2NC2NC(=O)c3ccccc32)c2ccccc21. The summed E-state index contributed by atoms with van der Waals surface area (Å²) >= 11 is -0.607. The smallest absolute Gasteiger partial charge is 0.256 e. The minimum absolute atomic E-state index is 0.0345. The van der Waals surface area contributed by atoms with E-state index < -0.39 is 20.7 Å². The van der Waals surface area contributed by atoms with Crippen molar-refractivity contribution >= 4 is 41.9 Å². The highest BCUT2D eigenvalue weighted by Crippen LogP contribution is 2.31. The summed E-state index contributed by atoms with van der Waals surface area (Å²) in [6, 6.07) is 23.4. The fraction of sp³-hybridized carbons (Fsp3) is 0.0455. The average Bonchev–Trinajstić information content (AvgIpc) is 3.21. The normalized spacial score (nSPS) is 18.7. The summed E-state index contributed by atoms with van der Waals surface area (Å²) in [5, 5.41) is 9.51. The van der Waals surface area contributed by atoms with Gasteiger partial charge < -0.3 is 16.0 Å². The minimum atomic E-state index is -0.607. The van der Waals surface area contributed by atoms with Gasteiger partial charge in [0.1, 0.15) is 6.17 Å². The maximum atomic E-state index is 12.2. The number of carbonyl (C=O) groups is 2. The second-order valence-corrected chi connectivity index (χ2v) is 9.31. The molecule has 5 nitrogen and oxygen atoms in total. The van der Waals surface area contributed by atoms with Crippen LogP contribution in [0.4, 0.5) is 5.69 Å². The van der Waals surface area contributed by atoms with E-state index in [0.717, 1.165) is 29.6 Å². The predicted molar refractivity (Wildman–Crippen MR) is 117 cm³/mol. The van der Waals surface area contributed by atoms with Gasteiger partial charge in [0.25, 0.3) is 11.8 Å². The number of hydrogen-bond acceptors (Lipinski definition) is 3. The van der Waals surface area contributed by atoms with Crippen molar-refractivity contribution in [2.45, 2.75) is 6.17 Å². The maximum Gasteiger partial charge on any atom is 0.256 e. The summed E-state index contributed by atoms with van der Waals surface area (Å²) in [7, 11) is 0. The molecule has 0 aliphatic carbocycles. The molecule has 1 unspecified atom stereocenters. The van der Waals surface area contributed by atoms with Gasteiger partial charge in [0, 0.05) is 31.5 Å². The van der Waals surface area contributed by atoms with Crippen LogP contribution in [-0.2, 0) is 0 Å². The Morgan fingerprint density at radius 1 is 0.750 bits per heavy atom. The molecule has 0 radical (unpaired) electrons. The first-order valence-electron chi connectivity index (χ1n) is 8.88. The monoisotopic (exact) mass is 481 g/mol. The molecule has 0 fully saturated rings. The molecule has 0 spiro atoms. The highest BCUT2D eigenvalue weighted by atomic mass is 127. The van der Waals surface area contributed by atoms with E-state index >= 15 is 0 Å². The van der Waals surface area contributed by atoms with Gasteiger partial charge in [-0.25, -0.2) is 0 Å². The molecule has 0 aromatic heterocycles. The van der Waals surface area contributed by atoms with Gasteiger partial charge in [0.2, 0.25) is 0 Å². The van der Waals surface area contributed by atoms with Crippen molar-refractivity contribution in [1.29, 1.82) is 0 Å². The average molecular weight is 481 g/mol. The van der Waals surface area contributed by atoms with E-state index in [1.165, 1.54) is 0 Å². The summed E-state index contributed by atoms with van der Waals surface area (Å²) in [5.41, 5.74) is 4.36. The molecule has 28 heavy (non-hydrogen) atoms. The van der Waals surface area contributed by atoms with Crippen molar-refractivity contribution in [2.75, 3.05) is 5.32 Å². The molecule has 2 aliphatic heterocycles. The molecule has 3 N–H and O–H groups in total. The summed E-state index contributed by atoms with van der Waals surface area (Å²) in [5.74, 6) is -0.0978. The third-order valence-corrected chi connectivity index (χ3v) is 7.71. The van der Waals surface area contributed by atoms with Crippen molar-refractivity contribution in [3.8, 4) is 0 Å². The highest BCUT2D eigenvalue weighted by Gasteiger charge is 2.28. The summed E-state index contributed by atoms with van der Waals surface area (Å²) in [4.78, 5) is 24.4. The molecule has 0 saturated heterocycles. The van der Waals surface area contributed by atoms with Crippen LogP contribution in [0.5, 0.6) is 0 Å². The number of carbonyl (C=O) groups excluding carboxylic acids is 2. The second kappa shape index (κ2) is 6.87. The first-order valence-corrected chi connectivity index (χ1v) is 11.0. The topological polar surface area (TPSA) is 70.2 Å². The molecule has 0 bridgehead atoms. The molecule has 5 rings (SSSR count). The van der Waals surface area contributed by atoms with E-state index in [1.807, 2.05) is 66.7 Å². The lowest BCUT2D eigenvalue weighted by atomic mass is 10.1. The van der Waals surface area contributed by atoms with Gasteiger partial charge >= 0.3 is 0 Å². The van der Waals surface area contributed by atoms with Crippen LogP contribution < -0.4 is 16.0 Å². The zero-order chi connectivity index (χ0) is 19.1. The molecule has 138 valence electrons. The van der Waals surface area contributed by atoms with E-state index in [9.17, 15) is 9.59 Å². The lowest BCUT2D eigenvalue weighted by Crippen LogP contribution is -2.25. The third-order valence-electron chi connectivity index (χ3n) is 4.79. The lowest BCUT2D eigenvalue weighted by molar-refractivity contribution is 0.0957. The van der Waals surface area contributed by atoms with Gasteiger partial charge in [-0.2, -0.15) is 0 Å². The Morgan fingerprint density at radius 2 is 1.43 bits per heavy atom. The van der Waals surface area contributed by atoms with Crippen LogP contribution in [0.1, 0.15) is 38.0 Å². The van der Waals surface area contributed by atoms with Crippen LogP contribution in [0.3, 0.4) is 0 Å². The van der Waals surface area contributed by atoms with E-state index in [4.69, 9.17) is 0 Å². The number of anilines is 1. The number of amides is 2. The van der Waals surface area contributed by atoms with E-state index in [1.54, 1.807) is 0 Å². The molecule has 1 atom stereocenters. The molecule has 2 amide bonds. The zero-order valence-electron chi connectivity index (χ0n) is 14.7. The van der Waals surface area contributed by atoms with Crippen LogP contribution >= 0.6 is 20.7 Å². The van der Waals surface area contributed by atoms with E-state index in [-0.39, 0.29) is 18.0 Å². The molecule has 0 saturated carbocycles. The number of halogens is 1. The molecular formula is C22H16IN3O2. The summed E-state index contributed by atoms with van der Waals surface area (Å²) in [6.07, 6.45) is -0.260. The van der Waals surface area contributed by atoms with Crippen molar-refractivity contribution in [2.24, 2.45) is 0 Å². The largest absolute Gasteiger partial charge is 0.361 e. The van der Waals surface area contributed by atoms with Crippen LogP contribution in [0, 0.1) is 3.57 Å². The first-order chi connectivity index (χ1) is 13.7. The number of hydrogen-bond donors (Lipinski definition) is 3. The Labute approximate surface area is 171 Å². The standard InChI is InChI=1S/C22H16IN3O2/c27-21-15-9-3-1-7-13(15)19(25-21)23-17-11-5-6-12-18(17)24-20-14-8-2-4-10-16(14)22(28)26-20/h1-12,20,24H,(H,25,27)(H,26,28). The lowest BCUT2D eigenvalue weighted by Gasteiger charge is -2.17. The number of para-hydroxylation sites is 1. The molecule has 2 heterocycles. The Balaban J connectivity index is 1.50. The fourth-order valence-corrected chi connectivity index (χ4v) is 6.19. The van der Waals surface area contributed by atoms with Gasteiger partial charge in [-0.3, -0.25) is 9.59 Å². The maximum absolute atomic E-state index is 12.2. The van der Waals surface area contributed by atoms with Gasteiger partial charge in [-0.1, -0.05) is 69.3 Å². The van der Waals surface area contributed by atoms with Crippen LogP contribution in [0.15, 0.2) is 72.8 Å². The molecule has 3 aromatic rings. The van der Waals surface area contributed by atoms with E-state index in [2.05, 4.69) is 22.0 Å². The Hall–Kier alpha value is -3.00. The molecule has 6 heteroatoms. The third kappa shape index (κ3) is 2.90. The van der Waals surface area contributed by atoms with Crippen LogP contribution in [0.2, 0.25) is 0 Å². The van der Waals surface area contributed by atoms with Crippen molar-refractivity contribution < 1.29 is 9.59 Å². The second-order valence-electron chi connectivity index (χ2n) is 6.53. The number of rotatable bonds is 3. The highest BCUT2D eigenvalue weighted by molar-refractivity contribution is 14.2. The number of nitrogens with one attached hydrogen (secondary N) is 3. The Kier molecular flexibility index (Phi) is 4.20. The first kappa shape index (κ1) is 17.1. The van der Waals surface area contributed by atoms with Crippen LogP contribution in [0.25, 0.3) is 0 Å². The fourth-order valence-electron chi connectivity index (χ4n) is 3.46. The molecule has 3 aromatic carbocycles. The Morgan fingerprint density at radius 3 is 2.29 bits per heavy atom. The number of benzene rings is 3.